The molecule has 0 unspecified atom stereocenters. The molecule has 0 spiro atoms. The van der Waals surface area contributed by atoms with E-state index >= 15 is 0 Å². The van der Waals surface area contributed by atoms with Gasteiger partial charge >= 0.3 is 0 Å². The van der Waals surface area contributed by atoms with Crippen molar-refractivity contribution in [2.45, 2.75) is 18.9 Å². The highest BCUT2D eigenvalue weighted by molar-refractivity contribution is 7.90. The lowest BCUT2D eigenvalue weighted by Gasteiger charge is -2.21. The van der Waals surface area contributed by atoms with Gasteiger partial charge in [0.15, 0.2) is 0 Å². The first-order valence-electron chi connectivity index (χ1n) is 5.06. The maximum atomic E-state index is 11.6. The van der Waals surface area contributed by atoms with Crippen LogP contribution in [0.25, 0.3) is 0 Å². The molecule has 6 heteroatoms. The van der Waals surface area contributed by atoms with E-state index in [4.69, 9.17) is 0 Å². The van der Waals surface area contributed by atoms with Gasteiger partial charge in [-0.15, -0.1) is 0 Å². The summed E-state index contributed by atoms with van der Waals surface area (Å²) >= 11 is 0. The Kier molecular flexibility index (Phi) is 4.10. The van der Waals surface area contributed by atoms with E-state index in [1.165, 1.54) is 6.26 Å². The number of carbonyl (C=O) groups is 1. The SMILES string of the molecule is CNCC(=O)N(CCS(C)(=O)=O)C1CC1. The van der Waals surface area contributed by atoms with Crippen LogP contribution in [0.4, 0.5) is 0 Å². The van der Waals surface area contributed by atoms with Gasteiger partial charge in [0.1, 0.15) is 9.84 Å². The van der Waals surface area contributed by atoms with Gasteiger partial charge < -0.3 is 10.2 Å². The van der Waals surface area contributed by atoms with Gasteiger partial charge in [-0.3, -0.25) is 4.79 Å². The van der Waals surface area contributed by atoms with Crippen LogP contribution < -0.4 is 5.32 Å². The third kappa shape index (κ3) is 4.61. The van der Waals surface area contributed by atoms with E-state index in [1.807, 2.05) is 0 Å². The van der Waals surface area contributed by atoms with Gasteiger partial charge in [0, 0.05) is 18.8 Å². The molecular weight excluding hydrogens is 216 g/mol. The molecule has 0 aliphatic heterocycles. The van der Waals surface area contributed by atoms with Gasteiger partial charge in [0.25, 0.3) is 0 Å². The van der Waals surface area contributed by atoms with Crippen molar-refractivity contribution < 1.29 is 13.2 Å². The monoisotopic (exact) mass is 234 g/mol. The van der Waals surface area contributed by atoms with Crippen LogP contribution >= 0.6 is 0 Å². The summed E-state index contributed by atoms with van der Waals surface area (Å²) < 4.78 is 22.0. The van der Waals surface area contributed by atoms with E-state index in [0.29, 0.717) is 6.54 Å². The summed E-state index contributed by atoms with van der Waals surface area (Å²) in [4.78, 5) is 13.3. The Balaban J connectivity index is 2.47. The van der Waals surface area contributed by atoms with Crippen molar-refractivity contribution in [3.63, 3.8) is 0 Å². The van der Waals surface area contributed by atoms with Crippen LogP contribution in [-0.2, 0) is 14.6 Å². The molecule has 15 heavy (non-hydrogen) atoms. The Morgan fingerprint density at radius 3 is 2.47 bits per heavy atom. The van der Waals surface area contributed by atoms with Crippen molar-refractivity contribution in [1.82, 2.24) is 10.2 Å². The molecule has 1 aliphatic carbocycles. The molecule has 88 valence electrons. The molecule has 0 radical (unpaired) electrons. The number of sulfone groups is 1. The van der Waals surface area contributed by atoms with E-state index in [-0.39, 0.29) is 24.2 Å². The zero-order valence-electron chi connectivity index (χ0n) is 9.19. The number of nitrogens with one attached hydrogen (secondary N) is 1. The topological polar surface area (TPSA) is 66.5 Å². The van der Waals surface area contributed by atoms with Crippen molar-refractivity contribution in [3.8, 4) is 0 Å². The summed E-state index contributed by atoms with van der Waals surface area (Å²) in [7, 11) is -1.28. The van der Waals surface area contributed by atoms with Crippen molar-refractivity contribution in [2.24, 2.45) is 0 Å². The smallest absolute Gasteiger partial charge is 0.236 e. The summed E-state index contributed by atoms with van der Waals surface area (Å²) in [6, 6.07) is 0.271. The minimum Gasteiger partial charge on any atom is -0.338 e. The second-order valence-electron chi connectivity index (χ2n) is 3.98. The number of nitrogens with zero attached hydrogens (tertiary/aromatic N) is 1. The molecular formula is C9H18N2O3S. The third-order valence-electron chi connectivity index (χ3n) is 2.34. The van der Waals surface area contributed by atoms with Crippen LogP contribution in [0.3, 0.4) is 0 Å². The lowest BCUT2D eigenvalue weighted by Crippen LogP contribution is -2.41. The van der Waals surface area contributed by atoms with Gasteiger partial charge in [0.2, 0.25) is 5.91 Å². The molecule has 1 fully saturated rings. The average Bonchev–Trinajstić information content (AvgIpc) is 2.86. The van der Waals surface area contributed by atoms with Gasteiger partial charge in [-0.25, -0.2) is 8.42 Å². The van der Waals surface area contributed by atoms with Crippen molar-refractivity contribution in [2.75, 3.05) is 32.1 Å². The summed E-state index contributed by atoms with van der Waals surface area (Å²) in [5, 5.41) is 2.79. The van der Waals surface area contributed by atoms with Crippen LogP contribution in [0.5, 0.6) is 0 Å². The predicted octanol–water partition coefficient (Wildman–Crippen LogP) is -0.759. The molecule has 0 aromatic heterocycles. The van der Waals surface area contributed by atoms with Crippen LogP contribution in [0.1, 0.15) is 12.8 Å². The fourth-order valence-electron chi connectivity index (χ4n) is 1.41. The molecule has 0 heterocycles. The molecule has 1 rings (SSSR count). The lowest BCUT2D eigenvalue weighted by atomic mass is 10.4. The van der Waals surface area contributed by atoms with Crippen LogP contribution in [-0.4, -0.2) is 57.4 Å². The molecule has 0 aromatic carbocycles. The van der Waals surface area contributed by atoms with Crippen molar-refractivity contribution in [3.05, 3.63) is 0 Å². The van der Waals surface area contributed by atoms with E-state index in [1.54, 1.807) is 11.9 Å². The molecule has 0 bridgehead atoms. The van der Waals surface area contributed by atoms with Crippen molar-refractivity contribution >= 4 is 15.7 Å². The predicted molar refractivity (Wildman–Crippen MR) is 58.4 cm³/mol. The maximum Gasteiger partial charge on any atom is 0.236 e. The number of hydrogen-bond acceptors (Lipinski definition) is 4. The second kappa shape index (κ2) is 4.94. The standard InChI is InChI=1S/C9H18N2O3S/c1-10-7-9(12)11(8-3-4-8)5-6-15(2,13)14/h8,10H,3-7H2,1-2H3. The quantitative estimate of drug-likeness (QED) is 0.656. The number of hydrogen-bond donors (Lipinski definition) is 1. The molecule has 0 aromatic rings. The van der Waals surface area contributed by atoms with E-state index in [9.17, 15) is 13.2 Å². The highest BCUT2D eigenvalue weighted by Gasteiger charge is 2.32. The first kappa shape index (κ1) is 12.4. The highest BCUT2D eigenvalue weighted by atomic mass is 32.2. The van der Waals surface area contributed by atoms with Crippen LogP contribution in [0, 0.1) is 0 Å². The zero-order chi connectivity index (χ0) is 11.5. The summed E-state index contributed by atoms with van der Waals surface area (Å²) in [5.41, 5.74) is 0. The summed E-state index contributed by atoms with van der Waals surface area (Å²) in [5.74, 6) is 0.0440. The Morgan fingerprint density at radius 1 is 1.47 bits per heavy atom. The average molecular weight is 234 g/mol. The summed E-state index contributed by atoms with van der Waals surface area (Å²) in [6.45, 7) is 0.601. The number of amides is 1. The molecule has 0 saturated heterocycles. The molecule has 5 nitrogen and oxygen atoms in total. The Bertz CT molecular complexity index is 322. The van der Waals surface area contributed by atoms with E-state index in [2.05, 4.69) is 5.32 Å². The molecule has 1 amide bonds. The highest BCUT2D eigenvalue weighted by Crippen LogP contribution is 2.26. The molecule has 0 atom stereocenters. The van der Waals surface area contributed by atoms with Crippen LogP contribution in [0.2, 0.25) is 0 Å². The minimum absolute atomic E-state index is 0.0105. The second-order valence-corrected chi connectivity index (χ2v) is 6.24. The number of rotatable bonds is 6. The largest absolute Gasteiger partial charge is 0.338 e. The van der Waals surface area contributed by atoms with Gasteiger partial charge in [-0.1, -0.05) is 0 Å². The first-order valence-corrected chi connectivity index (χ1v) is 7.12. The fraction of sp³-hybridized carbons (Fsp3) is 0.889. The Hall–Kier alpha value is -0.620. The Morgan fingerprint density at radius 2 is 2.07 bits per heavy atom. The van der Waals surface area contributed by atoms with Gasteiger partial charge in [-0.2, -0.15) is 0 Å². The van der Waals surface area contributed by atoms with Crippen LogP contribution in [0.15, 0.2) is 0 Å². The van der Waals surface area contributed by atoms with Gasteiger partial charge in [-0.05, 0) is 19.9 Å². The van der Waals surface area contributed by atoms with Crippen molar-refractivity contribution in [1.29, 1.82) is 0 Å². The number of likely N-dealkylation sites (N-methyl/N-ethyl adjacent to an activating group) is 1. The fourth-order valence-corrected chi connectivity index (χ4v) is 1.94. The van der Waals surface area contributed by atoms with Gasteiger partial charge in [0.05, 0.1) is 12.3 Å². The Labute approximate surface area is 90.7 Å². The maximum absolute atomic E-state index is 11.6. The normalized spacial score (nSPS) is 16.4. The zero-order valence-corrected chi connectivity index (χ0v) is 10.0. The molecule has 1 saturated carbocycles. The van der Waals surface area contributed by atoms with E-state index < -0.39 is 9.84 Å². The summed E-state index contributed by atoms with van der Waals surface area (Å²) in [6.07, 6.45) is 3.19. The molecule has 1 N–H and O–H groups in total. The molecule has 1 aliphatic rings. The lowest BCUT2D eigenvalue weighted by molar-refractivity contribution is -0.130. The minimum atomic E-state index is -2.99. The van der Waals surface area contributed by atoms with E-state index in [0.717, 1.165) is 12.8 Å². The number of carbonyl (C=O) groups excluding carboxylic acids is 1. The first-order chi connectivity index (χ1) is 6.94. The third-order valence-corrected chi connectivity index (χ3v) is 3.26.